The summed E-state index contributed by atoms with van der Waals surface area (Å²) in [4.78, 5) is 14.8. The van der Waals surface area contributed by atoms with E-state index < -0.39 is 0 Å². The molecule has 0 radical (unpaired) electrons. The van der Waals surface area contributed by atoms with Crippen LogP contribution in [0.5, 0.6) is 0 Å². The van der Waals surface area contributed by atoms with E-state index in [1.807, 2.05) is 0 Å². The van der Waals surface area contributed by atoms with E-state index in [9.17, 15) is 4.79 Å². The molecule has 0 N–H and O–H groups in total. The molecule has 0 aromatic rings. The van der Waals surface area contributed by atoms with Crippen LogP contribution < -0.4 is 0 Å². The van der Waals surface area contributed by atoms with Gasteiger partial charge in [0.25, 0.3) is 0 Å². The minimum absolute atomic E-state index is 0.0623. The number of ketones is 1. The van der Waals surface area contributed by atoms with E-state index in [0.717, 1.165) is 36.5 Å². The first-order valence-electron chi connectivity index (χ1n) is 13.8. The van der Waals surface area contributed by atoms with Crippen LogP contribution in [0.25, 0.3) is 0 Å². The number of ether oxygens (including phenoxy) is 1. The van der Waals surface area contributed by atoms with Crippen LogP contribution in [0, 0.1) is 40.4 Å². The van der Waals surface area contributed by atoms with E-state index in [4.69, 9.17) is 4.74 Å². The molecule has 0 amide bonds. The molecule has 3 saturated carbocycles. The molecular weight excluding hydrogens is 394 g/mol. The van der Waals surface area contributed by atoms with E-state index in [-0.39, 0.29) is 11.0 Å². The fourth-order valence-electron chi connectivity index (χ4n) is 10.5. The molecule has 32 heavy (non-hydrogen) atoms. The van der Waals surface area contributed by atoms with Crippen LogP contribution in [0.2, 0.25) is 0 Å². The number of carbonyl (C=O) groups is 1. The van der Waals surface area contributed by atoms with Gasteiger partial charge in [-0.25, -0.2) is 0 Å². The van der Waals surface area contributed by atoms with Crippen LogP contribution >= 0.6 is 0 Å². The predicted octanol–water partition coefficient (Wildman–Crippen LogP) is 6.02. The lowest BCUT2D eigenvalue weighted by Crippen LogP contribution is -2.56. The zero-order chi connectivity index (χ0) is 22.5. The number of piperidine rings is 1. The van der Waals surface area contributed by atoms with Gasteiger partial charge >= 0.3 is 0 Å². The van der Waals surface area contributed by atoms with Crippen molar-refractivity contribution in [1.29, 1.82) is 0 Å². The van der Waals surface area contributed by atoms with Gasteiger partial charge in [-0.1, -0.05) is 33.3 Å². The lowest BCUT2D eigenvalue weighted by Gasteiger charge is -2.55. The molecule has 3 nitrogen and oxygen atoms in total. The summed E-state index contributed by atoms with van der Waals surface area (Å²) in [5.74, 6) is 4.20. The third kappa shape index (κ3) is 2.82. The van der Waals surface area contributed by atoms with Crippen molar-refractivity contribution in [3.63, 3.8) is 0 Å². The summed E-state index contributed by atoms with van der Waals surface area (Å²) < 4.78 is 7.29. The highest BCUT2D eigenvalue weighted by atomic mass is 16.5. The maximum atomic E-state index is 12.2. The second-order valence-corrected chi connectivity index (χ2v) is 13.6. The maximum Gasteiger partial charge on any atom is 0.155 e. The summed E-state index contributed by atoms with van der Waals surface area (Å²) >= 11 is 0. The largest absolute Gasteiger partial charge is 0.369 e. The van der Waals surface area contributed by atoms with Gasteiger partial charge in [0.1, 0.15) is 0 Å². The van der Waals surface area contributed by atoms with Crippen molar-refractivity contribution in [2.75, 3.05) is 13.6 Å². The molecule has 2 saturated heterocycles. The Morgan fingerprint density at radius 2 is 1.88 bits per heavy atom. The lowest BCUT2D eigenvalue weighted by molar-refractivity contribution is -0.175. The standard InChI is InChI=1S/C29H45NO2/c1-18-14-25-26(30(5)17-18)19(2)29(32-25)13-8-20-16-27(29,3)11-10-24-23(20)7-6-21-15-22(31)9-12-28(21,24)4/h15,18-20,23-26H,6-14,16-17H2,1-5H3/t18-,19+,20+,23-,24-,25+,26-,27?,28-,29+/m0/s1. The van der Waals surface area contributed by atoms with Crippen molar-refractivity contribution in [2.24, 2.45) is 40.4 Å². The van der Waals surface area contributed by atoms with Gasteiger partial charge < -0.3 is 9.64 Å². The van der Waals surface area contributed by atoms with Crippen LogP contribution in [-0.4, -0.2) is 42.0 Å². The van der Waals surface area contributed by atoms with Crippen molar-refractivity contribution >= 4 is 5.78 Å². The molecule has 6 aliphatic rings. The Balaban J connectivity index is 1.33. The van der Waals surface area contributed by atoms with Crippen molar-refractivity contribution in [2.45, 2.75) is 110 Å². The zero-order valence-corrected chi connectivity index (χ0v) is 21.2. The van der Waals surface area contributed by atoms with E-state index in [1.54, 1.807) is 0 Å². The van der Waals surface area contributed by atoms with Crippen LogP contribution in [0.15, 0.2) is 11.6 Å². The second kappa shape index (κ2) is 7.17. The number of hydrogen-bond donors (Lipinski definition) is 0. The van der Waals surface area contributed by atoms with Gasteiger partial charge in [-0.15, -0.1) is 0 Å². The van der Waals surface area contributed by atoms with Crippen LogP contribution in [0.4, 0.5) is 0 Å². The molecule has 1 spiro atoms. The van der Waals surface area contributed by atoms with Crippen molar-refractivity contribution in [3.8, 4) is 0 Å². The fourth-order valence-corrected chi connectivity index (χ4v) is 10.5. The highest BCUT2D eigenvalue weighted by Gasteiger charge is 2.66. The molecule has 6 rings (SSSR count). The van der Waals surface area contributed by atoms with E-state index >= 15 is 0 Å². The van der Waals surface area contributed by atoms with Crippen LogP contribution in [0.1, 0.15) is 91.9 Å². The predicted molar refractivity (Wildman–Crippen MR) is 128 cm³/mol. The monoisotopic (exact) mass is 439 g/mol. The van der Waals surface area contributed by atoms with E-state index in [0.29, 0.717) is 29.3 Å². The SMILES string of the molecule is C[C@H]1C[C@H]2O[C@]3(CC[C@@H]4CC3(C)CC[C@H]3[C@H]4CCC4=CC(=O)CC[C@@]43C)[C@H](C)[C@@H]2N(C)C1. The number of likely N-dealkylation sites (tertiary alicyclic amines) is 1. The van der Waals surface area contributed by atoms with Gasteiger partial charge in [0.05, 0.1) is 11.7 Å². The Hall–Kier alpha value is -0.670. The Morgan fingerprint density at radius 1 is 1.06 bits per heavy atom. The van der Waals surface area contributed by atoms with Crippen molar-refractivity contribution in [3.05, 3.63) is 11.6 Å². The summed E-state index contributed by atoms with van der Waals surface area (Å²) in [5.41, 5.74) is 2.12. The number of hydrogen-bond acceptors (Lipinski definition) is 3. The molecule has 1 unspecified atom stereocenters. The van der Waals surface area contributed by atoms with E-state index in [2.05, 4.69) is 45.7 Å². The Bertz CT molecular complexity index is 835. The van der Waals surface area contributed by atoms with Gasteiger partial charge in [-0.2, -0.15) is 0 Å². The van der Waals surface area contributed by atoms with Crippen molar-refractivity contribution < 1.29 is 9.53 Å². The first-order valence-corrected chi connectivity index (χ1v) is 13.8. The topological polar surface area (TPSA) is 29.5 Å². The van der Waals surface area contributed by atoms with Gasteiger partial charge in [0.15, 0.2) is 5.78 Å². The average Bonchev–Trinajstić information content (AvgIpc) is 2.94. The molecule has 4 aliphatic carbocycles. The summed E-state index contributed by atoms with van der Waals surface area (Å²) in [6.45, 7) is 11.3. The summed E-state index contributed by atoms with van der Waals surface area (Å²) in [6.07, 6.45) is 14.7. The highest BCUT2D eigenvalue weighted by molar-refractivity contribution is 5.91. The van der Waals surface area contributed by atoms with Gasteiger partial charge in [-0.3, -0.25) is 4.79 Å². The Labute approximate surface area is 195 Å². The molecule has 5 fully saturated rings. The highest BCUT2D eigenvalue weighted by Crippen LogP contribution is 2.67. The lowest BCUT2D eigenvalue weighted by atomic mass is 9.52. The minimum atomic E-state index is 0.0623. The quantitative estimate of drug-likeness (QED) is 0.462. The number of nitrogens with zero attached hydrogens (tertiary/aromatic N) is 1. The van der Waals surface area contributed by atoms with Gasteiger partial charge in [-0.05, 0) is 105 Å². The zero-order valence-electron chi connectivity index (χ0n) is 21.2. The second-order valence-electron chi connectivity index (χ2n) is 13.6. The first kappa shape index (κ1) is 21.8. The first-order chi connectivity index (χ1) is 15.2. The third-order valence-corrected chi connectivity index (χ3v) is 12.0. The molecule has 3 heteroatoms. The fraction of sp³-hybridized carbons (Fsp3) is 0.897. The third-order valence-electron chi connectivity index (χ3n) is 12.0. The molecular formula is C29H45NO2. The van der Waals surface area contributed by atoms with Gasteiger partial charge in [0.2, 0.25) is 0 Å². The normalized spacial score (nSPS) is 55.6. The smallest absolute Gasteiger partial charge is 0.155 e. The summed E-state index contributed by atoms with van der Waals surface area (Å²) in [6, 6.07) is 0.599. The molecule has 10 atom stereocenters. The van der Waals surface area contributed by atoms with Gasteiger partial charge in [0, 0.05) is 24.9 Å². The molecule has 2 bridgehead atoms. The number of likely N-dealkylation sites (N-methyl/N-ethyl adjacent to an activating group) is 1. The molecule has 0 aromatic heterocycles. The van der Waals surface area contributed by atoms with Crippen molar-refractivity contribution in [1.82, 2.24) is 4.90 Å². The van der Waals surface area contributed by atoms with Crippen LogP contribution in [0.3, 0.4) is 0 Å². The number of carbonyl (C=O) groups excluding carboxylic acids is 1. The maximum absolute atomic E-state index is 12.2. The van der Waals surface area contributed by atoms with Crippen LogP contribution in [-0.2, 0) is 9.53 Å². The minimum Gasteiger partial charge on any atom is -0.369 e. The molecule has 178 valence electrons. The number of fused-ring (bicyclic) bond motifs is 8. The number of allylic oxidation sites excluding steroid dienone is 2. The molecule has 2 heterocycles. The average molecular weight is 440 g/mol. The summed E-state index contributed by atoms with van der Waals surface area (Å²) in [7, 11) is 2.35. The molecule has 0 aromatic carbocycles. The Morgan fingerprint density at radius 3 is 2.69 bits per heavy atom. The molecule has 2 aliphatic heterocycles. The Kier molecular flexibility index (Phi) is 4.89. The van der Waals surface area contributed by atoms with E-state index in [1.165, 1.54) is 63.5 Å². The summed E-state index contributed by atoms with van der Waals surface area (Å²) in [5, 5.41) is 0. The number of rotatable bonds is 0.